The van der Waals surface area contributed by atoms with E-state index in [1.54, 1.807) is 0 Å². The molecule has 1 aromatic carbocycles. The van der Waals surface area contributed by atoms with Crippen LogP contribution in [0.2, 0.25) is 0 Å². The third-order valence-electron chi connectivity index (χ3n) is 7.21. The van der Waals surface area contributed by atoms with Crippen LogP contribution in [0.5, 0.6) is 0 Å². The zero-order chi connectivity index (χ0) is 25.3. The minimum Gasteiger partial charge on any atom is -0.394 e. The summed E-state index contributed by atoms with van der Waals surface area (Å²) in [4.78, 5) is 39.4. The highest BCUT2D eigenvalue weighted by molar-refractivity contribution is 5.89. The van der Waals surface area contributed by atoms with Crippen LogP contribution >= 0.6 is 0 Å². The van der Waals surface area contributed by atoms with Crippen molar-refractivity contribution in [1.29, 1.82) is 0 Å². The van der Waals surface area contributed by atoms with E-state index in [2.05, 4.69) is 28.1 Å². The molecule has 1 fully saturated rings. The van der Waals surface area contributed by atoms with Crippen LogP contribution in [0, 0.1) is 17.3 Å². The first-order chi connectivity index (χ1) is 16.8. The van der Waals surface area contributed by atoms with Gasteiger partial charge in [-0.2, -0.15) is 0 Å². The molecule has 2 heterocycles. The van der Waals surface area contributed by atoms with Gasteiger partial charge in [0.25, 0.3) is 0 Å². The number of nitrogens with one attached hydrogen (secondary N) is 3. The van der Waals surface area contributed by atoms with Gasteiger partial charge in [-0.3, -0.25) is 14.4 Å². The molecular weight excluding hydrogens is 442 g/mol. The summed E-state index contributed by atoms with van der Waals surface area (Å²) in [5.41, 5.74) is 0.463. The summed E-state index contributed by atoms with van der Waals surface area (Å²) in [6.07, 6.45) is 9.27. The number of carbonyl (C=O) groups excluding carboxylic acids is 3. The fourth-order valence-electron chi connectivity index (χ4n) is 5.25. The lowest BCUT2D eigenvalue weighted by Gasteiger charge is -2.31. The molecule has 192 valence electrons. The van der Waals surface area contributed by atoms with E-state index in [4.69, 9.17) is 0 Å². The van der Waals surface area contributed by atoms with E-state index in [0.29, 0.717) is 45.1 Å². The highest BCUT2D eigenvalue weighted by Gasteiger charge is 2.43. The van der Waals surface area contributed by atoms with Gasteiger partial charge in [0.05, 0.1) is 18.1 Å². The fraction of sp³-hybridized carbons (Fsp3) is 0.607. The molecule has 2 aliphatic rings. The van der Waals surface area contributed by atoms with Crippen LogP contribution in [0.15, 0.2) is 42.5 Å². The molecule has 3 unspecified atom stereocenters. The monoisotopic (exact) mass is 483 g/mol. The van der Waals surface area contributed by atoms with Crippen LogP contribution < -0.4 is 16.0 Å². The first-order valence-corrected chi connectivity index (χ1v) is 13.0. The predicted octanol–water partition coefficient (Wildman–Crippen LogP) is 2.88. The van der Waals surface area contributed by atoms with Crippen molar-refractivity contribution < 1.29 is 19.5 Å². The Labute approximate surface area is 209 Å². The summed E-state index contributed by atoms with van der Waals surface area (Å²) in [5, 5.41) is 19.0. The van der Waals surface area contributed by atoms with E-state index in [-0.39, 0.29) is 36.2 Å². The van der Waals surface area contributed by atoms with Crippen molar-refractivity contribution in [3.63, 3.8) is 0 Å². The van der Waals surface area contributed by atoms with E-state index in [9.17, 15) is 19.5 Å². The SMILES string of the molecule is CC(C)C[C@@H]1NC(=O)C(Cc2ccccc2)CCC/C=C\CC2(CCNC2=O)CC(CO)NC1=O. The number of hydrogen-bond donors (Lipinski definition) is 4. The average molecular weight is 484 g/mol. The summed E-state index contributed by atoms with van der Waals surface area (Å²) < 4.78 is 0. The molecule has 35 heavy (non-hydrogen) atoms. The van der Waals surface area contributed by atoms with E-state index in [1.807, 2.05) is 44.2 Å². The molecule has 0 aromatic heterocycles. The van der Waals surface area contributed by atoms with Crippen LogP contribution in [0.25, 0.3) is 0 Å². The fourth-order valence-corrected chi connectivity index (χ4v) is 5.25. The number of aliphatic hydroxyl groups excluding tert-OH is 1. The second-order valence-corrected chi connectivity index (χ2v) is 10.6. The van der Waals surface area contributed by atoms with Gasteiger partial charge in [0, 0.05) is 12.5 Å². The number of hydrogen-bond acceptors (Lipinski definition) is 4. The summed E-state index contributed by atoms with van der Waals surface area (Å²) in [7, 11) is 0. The zero-order valence-corrected chi connectivity index (χ0v) is 21.1. The van der Waals surface area contributed by atoms with Gasteiger partial charge in [0.1, 0.15) is 6.04 Å². The third-order valence-corrected chi connectivity index (χ3v) is 7.21. The van der Waals surface area contributed by atoms with Gasteiger partial charge in [0.15, 0.2) is 0 Å². The Morgan fingerprint density at radius 1 is 1.06 bits per heavy atom. The molecule has 4 atom stereocenters. The Bertz CT molecular complexity index is 885. The van der Waals surface area contributed by atoms with Gasteiger partial charge < -0.3 is 21.1 Å². The van der Waals surface area contributed by atoms with Gasteiger partial charge in [-0.25, -0.2) is 0 Å². The van der Waals surface area contributed by atoms with Gasteiger partial charge in [-0.1, -0.05) is 56.3 Å². The number of amides is 3. The molecule has 7 nitrogen and oxygen atoms in total. The molecular formula is C28H41N3O4. The van der Waals surface area contributed by atoms with Crippen molar-refractivity contribution >= 4 is 17.7 Å². The molecule has 0 aliphatic carbocycles. The van der Waals surface area contributed by atoms with E-state index in [0.717, 1.165) is 18.4 Å². The predicted molar refractivity (Wildman–Crippen MR) is 136 cm³/mol. The lowest BCUT2D eigenvalue weighted by Crippen LogP contribution is -2.53. The van der Waals surface area contributed by atoms with E-state index < -0.39 is 17.5 Å². The minimum atomic E-state index is -0.688. The summed E-state index contributed by atoms with van der Waals surface area (Å²) in [5.74, 6) is -0.471. The van der Waals surface area contributed by atoms with Crippen molar-refractivity contribution in [1.82, 2.24) is 16.0 Å². The van der Waals surface area contributed by atoms with Crippen molar-refractivity contribution in [2.24, 2.45) is 17.3 Å². The Hall–Kier alpha value is -2.67. The van der Waals surface area contributed by atoms with Gasteiger partial charge >= 0.3 is 0 Å². The van der Waals surface area contributed by atoms with Crippen LogP contribution in [-0.2, 0) is 20.8 Å². The molecule has 4 N–H and O–H groups in total. The summed E-state index contributed by atoms with van der Waals surface area (Å²) >= 11 is 0. The largest absolute Gasteiger partial charge is 0.394 e. The van der Waals surface area contributed by atoms with E-state index >= 15 is 0 Å². The highest BCUT2D eigenvalue weighted by atomic mass is 16.3. The normalized spacial score (nSPS) is 29.7. The lowest BCUT2D eigenvalue weighted by molar-refractivity contribution is -0.132. The number of aliphatic hydroxyl groups is 1. The molecule has 0 saturated carbocycles. The molecule has 7 heteroatoms. The van der Waals surface area contributed by atoms with Crippen LogP contribution in [0.4, 0.5) is 0 Å². The minimum absolute atomic E-state index is 0.0193. The van der Waals surface area contributed by atoms with Crippen LogP contribution in [-0.4, -0.2) is 48.1 Å². The zero-order valence-electron chi connectivity index (χ0n) is 21.1. The van der Waals surface area contributed by atoms with Gasteiger partial charge in [-0.15, -0.1) is 0 Å². The molecule has 1 saturated heterocycles. The summed E-state index contributed by atoms with van der Waals surface area (Å²) in [6, 6.07) is 8.71. The molecule has 1 spiro atoms. The maximum atomic E-state index is 13.4. The number of benzene rings is 1. The maximum absolute atomic E-state index is 13.4. The quantitative estimate of drug-likeness (QED) is 0.483. The topological polar surface area (TPSA) is 108 Å². The lowest BCUT2D eigenvalue weighted by atomic mass is 9.77. The standard InChI is InChI=1S/C28H41N3O4/c1-20(2)16-24-26(34)30-23(19-32)18-28(14-15-29-27(28)35)13-9-4-3-8-12-22(25(33)31-24)17-21-10-6-5-7-11-21/h4-7,9-11,20,22-24,32H,3,8,12-19H2,1-2H3,(H,29,35)(H,30,34)(H,31,33)/b9-4-/t22?,23?,24-,28?/m0/s1. The van der Waals surface area contributed by atoms with Crippen molar-refractivity contribution in [2.45, 2.75) is 77.3 Å². The van der Waals surface area contributed by atoms with Crippen LogP contribution in [0.1, 0.15) is 64.4 Å². The Balaban J connectivity index is 1.85. The van der Waals surface area contributed by atoms with Gasteiger partial charge in [-0.05, 0) is 62.8 Å². The van der Waals surface area contributed by atoms with Crippen molar-refractivity contribution in [2.75, 3.05) is 13.2 Å². The molecule has 3 rings (SSSR count). The molecule has 2 aliphatic heterocycles. The first-order valence-electron chi connectivity index (χ1n) is 13.0. The van der Waals surface area contributed by atoms with Crippen LogP contribution in [0.3, 0.4) is 0 Å². The number of rotatable bonds is 5. The Kier molecular flexibility index (Phi) is 9.90. The summed E-state index contributed by atoms with van der Waals surface area (Å²) in [6.45, 7) is 4.38. The molecule has 0 bridgehead atoms. The highest BCUT2D eigenvalue weighted by Crippen LogP contribution is 2.36. The Morgan fingerprint density at radius 3 is 2.49 bits per heavy atom. The first kappa shape index (κ1) is 26.9. The molecule has 1 aromatic rings. The average Bonchev–Trinajstić information content (AvgIpc) is 3.18. The van der Waals surface area contributed by atoms with E-state index in [1.165, 1.54) is 0 Å². The van der Waals surface area contributed by atoms with Gasteiger partial charge in [0.2, 0.25) is 17.7 Å². The maximum Gasteiger partial charge on any atom is 0.242 e. The van der Waals surface area contributed by atoms with Crippen molar-refractivity contribution in [3.8, 4) is 0 Å². The molecule has 3 amide bonds. The Morgan fingerprint density at radius 2 is 1.83 bits per heavy atom. The second kappa shape index (κ2) is 12.9. The smallest absolute Gasteiger partial charge is 0.242 e. The third kappa shape index (κ3) is 7.66. The molecule has 0 radical (unpaired) electrons. The van der Waals surface area contributed by atoms with Crippen molar-refractivity contribution in [3.05, 3.63) is 48.0 Å². The number of carbonyl (C=O) groups is 3. The number of allylic oxidation sites excluding steroid dienone is 2. The second-order valence-electron chi connectivity index (χ2n) is 10.6.